The topological polar surface area (TPSA) is 63.2 Å². The van der Waals surface area contributed by atoms with Gasteiger partial charge in [-0.1, -0.05) is 13.5 Å². The van der Waals surface area contributed by atoms with Crippen LogP contribution in [0.15, 0.2) is 12.7 Å². The van der Waals surface area contributed by atoms with Gasteiger partial charge < -0.3 is 4.74 Å². The lowest BCUT2D eigenvalue weighted by Crippen LogP contribution is -2.28. The number of ether oxygens (including phenoxy) is 1. The van der Waals surface area contributed by atoms with Gasteiger partial charge in [-0.2, -0.15) is 4.89 Å². The summed E-state index contributed by atoms with van der Waals surface area (Å²) in [7, 11) is 0. The first-order valence-electron chi connectivity index (χ1n) is 5.81. The molecule has 1 atom stereocenters. The lowest BCUT2D eigenvalue weighted by Gasteiger charge is -2.23. The van der Waals surface area contributed by atoms with Crippen molar-refractivity contribution in [2.24, 2.45) is 0 Å². The van der Waals surface area contributed by atoms with Gasteiger partial charge in [0.1, 0.15) is 0 Å². The Morgan fingerprint density at radius 2 is 1.94 bits per heavy atom. The Bertz CT molecular complexity index is 261. The molecule has 0 aliphatic rings. The molecule has 106 valence electrons. The molecule has 0 saturated heterocycles. The maximum absolute atomic E-state index is 11.0. The summed E-state index contributed by atoms with van der Waals surface area (Å²) in [4.78, 5) is 30.1. The molecule has 0 aromatic carbocycles. The van der Waals surface area contributed by atoms with E-state index >= 15 is 0 Å². The smallest absolute Gasteiger partial charge is 0.430 e. The van der Waals surface area contributed by atoms with Crippen LogP contribution in [0.2, 0.25) is 0 Å². The fraction of sp³-hybridized carbons (Fsp3) is 0.750. The molecule has 0 radical (unpaired) electrons. The van der Waals surface area contributed by atoms with Crippen LogP contribution in [0.4, 0.5) is 4.79 Å². The van der Waals surface area contributed by atoms with Crippen LogP contribution < -0.4 is 0 Å². The van der Waals surface area contributed by atoms with Gasteiger partial charge >= 0.3 is 6.16 Å². The molecule has 0 spiro atoms. The number of rotatable bonds is 8. The summed E-state index contributed by atoms with van der Waals surface area (Å²) >= 11 is 0. The molecule has 0 saturated carbocycles. The van der Waals surface area contributed by atoms with Crippen molar-refractivity contribution < 1.29 is 29.1 Å². The monoisotopic (exact) mass is 262 g/mol. The van der Waals surface area contributed by atoms with Gasteiger partial charge in [-0.15, -0.1) is 4.89 Å². The maximum Gasteiger partial charge on any atom is 0.540 e. The van der Waals surface area contributed by atoms with Crippen molar-refractivity contribution in [2.75, 3.05) is 0 Å². The second-order valence-corrected chi connectivity index (χ2v) is 4.49. The first-order chi connectivity index (χ1) is 8.30. The van der Waals surface area contributed by atoms with Gasteiger partial charge in [0.2, 0.25) is 0 Å². The van der Waals surface area contributed by atoms with E-state index in [2.05, 4.69) is 16.4 Å². The van der Waals surface area contributed by atoms with Gasteiger partial charge in [0.15, 0.2) is 0 Å². The first-order valence-corrected chi connectivity index (χ1v) is 5.81. The molecule has 1 unspecified atom stereocenters. The number of carbonyl (C=O) groups is 1. The Morgan fingerprint density at radius 3 is 2.39 bits per heavy atom. The minimum atomic E-state index is -1.02. The summed E-state index contributed by atoms with van der Waals surface area (Å²) in [6.07, 6.45) is -0.230. The molecule has 0 amide bonds. The van der Waals surface area contributed by atoms with Crippen LogP contribution in [0.3, 0.4) is 0 Å². The van der Waals surface area contributed by atoms with Crippen LogP contribution in [0.1, 0.15) is 41.0 Å². The van der Waals surface area contributed by atoms with Gasteiger partial charge in [-0.3, -0.25) is 4.89 Å². The van der Waals surface area contributed by atoms with Crippen LogP contribution in [0, 0.1) is 0 Å². The van der Waals surface area contributed by atoms with Gasteiger partial charge in [0.25, 0.3) is 6.29 Å². The summed E-state index contributed by atoms with van der Waals surface area (Å²) in [6.45, 7) is 12.5. The van der Waals surface area contributed by atoms with Crippen molar-refractivity contribution in [2.45, 2.75) is 59.0 Å². The summed E-state index contributed by atoms with van der Waals surface area (Å²) < 4.78 is 4.69. The van der Waals surface area contributed by atoms with Crippen molar-refractivity contribution in [1.82, 2.24) is 0 Å². The minimum Gasteiger partial charge on any atom is -0.430 e. The van der Waals surface area contributed by atoms with E-state index in [-0.39, 0.29) is 6.10 Å². The highest BCUT2D eigenvalue weighted by atomic mass is 17.3. The molecular weight excluding hydrogens is 240 g/mol. The van der Waals surface area contributed by atoms with Crippen LogP contribution in [0.25, 0.3) is 0 Å². The zero-order chi connectivity index (χ0) is 14.2. The van der Waals surface area contributed by atoms with Crippen LogP contribution >= 0.6 is 0 Å². The van der Waals surface area contributed by atoms with Crippen molar-refractivity contribution >= 4 is 6.16 Å². The predicted molar refractivity (Wildman–Crippen MR) is 64.3 cm³/mol. The molecule has 0 aromatic heterocycles. The number of hydrogen-bond donors (Lipinski definition) is 0. The molecule has 6 nitrogen and oxygen atoms in total. The average Bonchev–Trinajstić information content (AvgIpc) is 2.28. The van der Waals surface area contributed by atoms with Gasteiger partial charge in [0, 0.05) is 0 Å². The van der Waals surface area contributed by atoms with Crippen molar-refractivity contribution in [3.05, 3.63) is 12.7 Å². The van der Waals surface area contributed by atoms with Crippen molar-refractivity contribution in [1.29, 1.82) is 0 Å². The predicted octanol–water partition coefficient (Wildman–Crippen LogP) is 3.13. The van der Waals surface area contributed by atoms with E-state index in [1.54, 1.807) is 13.8 Å². The fourth-order valence-electron chi connectivity index (χ4n) is 0.630. The highest BCUT2D eigenvalue weighted by Crippen LogP contribution is 2.15. The Labute approximate surface area is 108 Å². The first kappa shape index (κ1) is 16.9. The molecule has 0 bridgehead atoms. The minimum absolute atomic E-state index is 0.292. The lowest BCUT2D eigenvalue weighted by atomic mass is 10.1. The Kier molecular flexibility index (Phi) is 7.58. The van der Waals surface area contributed by atoms with Gasteiger partial charge in [-0.25, -0.2) is 9.68 Å². The second-order valence-electron chi connectivity index (χ2n) is 4.49. The third-order valence-corrected chi connectivity index (χ3v) is 1.96. The normalized spacial score (nSPS) is 13.2. The Balaban J connectivity index is 3.98. The quantitative estimate of drug-likeness (QED) is 0.220. The van der Waals surface area contributed by atoms with E-state index in [1.807, 2.05) is 20.8 Å². The molecule has 0 fully saturated rings. The number of carbonyl (C=O) groups excluding carboxylic acids is 1. The Hall–Kier alpha value is -1.11. The van der Waals surface area contributed by atoms with Crippen LogP contribution in [-0.4, -0.2) is 24.2 Å². The molecule has 0 rings (SSSR count). The SMILES string of the molecule is C=CC(OOC(=O)OC(C)C)OOC(C)(C)CC. The fourth-order valence-corrected chi connectivity index (χ4v) is 0.630. The van der Waals surface area contributed by atoms with E-state index in [9.17, 15) is 4.79 Å². The third kappa shape index (κ3) is 8.05. The molecule has 6 heteroatoms. The standard InChI is InChI=1S/C12H22O6/c1-7-10(16-18-12(5,6)8-2)15-17-11(13)14-9(3)4/h7,9-10H,1,8H2,2-6H3. The van der Waals surface area contributed by atoms with Crippen molar-refractivity contribution in [3.63, 3.8) is 0 Å². The zero-order valence-corrected chi connectivity index (χ0v) is 11.6. The summed E-state index contributed by atoms with van der Waals surface area (Å²) in [5.74, 6) is 0. The molecule has 0 aromatic rings. The highest BCUT2D eigenvalue weighted by molar-refractivity contribution is 5.59. The van der Waals surface area contributed by atoms with E-state index in [4.69, 9.17) is 14.5 Å². The maximum atomic E-state index is 11.0. The molecule has 0 N–H and O–H groups in total. The molecule has 0 aliphatic heterocycles. The Morgan fingerprint density at radius 1 is 1.33 bits per heavy atom. The lowest BCUT2D eigenvalue weighted by molar-refractivity contribution is -0.458. The van der Waals surface area contributed by atoms with Crippen molar-refractivity contribution in [3.8, 4) is 0 Å². The van der Waals surface area contributed by atoms with E-state index < -0.39 is 18.0 Å². The second kappa shape index (κ2) is 8.07. The summed E-state index contributed by atoms with van der Waals surface area (Å²) in [5.41, 5.74) is -0.469. The summed E-state index contributed by atoms with van der Waals surface area (Å²) in [5, 5.41) is 0. The van der Waals surface area contributed by atoms with E-state index in [1.165, 1.54) is 6.08 Å². The van der Waals surface area contributed by atoms with Gasteiger partial charge in [-0.05, 0) is 40.2 Å². The van der Waals surface area contributed by atoms with E-state index in [0.717, 1.165) is 6.42 Å². The largest absolute Gasteiger partial charge is 0.540 e. The molecular formula is C12H22O6. The molecule has 0 heterocycles. The zero-order valence-electron chi connectivity index (χ0n) is 11.6. The highest BCUT2D eigenvalue weighted by Gasteiger charge is 2.21. The third-order valence-electron chi connectivity index (χ3n) is 1.96. The van der Waals surface area contributed by atoms with Gasteiger partial charge in [0.05, 0.1) is 11.7 Å². The average molecular weight is 262 g/mol. The molecule has 0 aliphatic carbocycles. The number of hydrogen-bond acceptors (Lipinski definition) is 6. The molecule has 18 heavy (non-hydrogen) atoms. The van der Waals surface area contributed by atoms with Crippen LogP contribution in [-0.2, 0) is 24.3 Å². The van der Waals surface area contributed by atoms with E-state index in [0.29, 0.717) is 0 Å². The van der Waals surface area contributed by atoms with Crippen LogP contribution in [0.5, 0.6) is 0 Å². The summed E-state index contributed by atoms with van der Waals surface area (Å²) in [6, 6.07) is 0.